The lowest BCUT2D eigenvalue weighted by atomic mass is 9.88. The minimum absolute atomic E-state index is 0.112. The first-order valence-corrected chi connectivity index (χ1v) is 6.45. The normalized spacial score (nSPS) is 38.3. The van der Waals surface area contributed by atoms with Crippen molar-refractivity contribution in [2.45, 2.75) is 57.5 Å². The van der Waals surface area contributed by atoms with Gasteiger partial charge in [-0.2, -0.15) is 0 Å². The van der Waals surface area contributed by atoms with Gasteiger partial charge in [0.25, 0.3) is 0 Å². The van der Waals surface area contributed by atoms with Crippen molar-refractivity contribution in [3.63, 3.8) is 0 Å². The highest BCUT2D eigenvalue weighted by Gasteiger charge is 2.26. The van der Waals surface area contributed by atoms with Crippen molar-refractivity contribution >= 4 is 6.29 Å². The molecule has 2 fully saturated rings. The minimum atomic E-state index is -0.112. The molecule has 1 heterocycles. The number of fused-ring (bicyclic) bond motifs is 2. The average Bonchev–Trinajstić information content (AvgIpc) is 2.36. The number of ether oxygens (including phenoxy) is 1. The lowest BCUT2D eigenvalue weighted by Crippen LogP contribution is -2.16. The molecule has 2 nitrogen and oxygen atoms in total. The van der Waals surface area contributed by atoms with E-state index in [0.29, 0.717) is 0 Å². The van der Waals surface area contributed by atoms with Crippen LogP contribution in [0.3, 0.4) is 0 Å². The van der Waals surface area contributed by atoms with Crippen LogP contribution in [0.25, 0.3) is 0 Å². The maximum atomic E-state index is 10.8. The van der Waals surface area contributed by atoms with E-state index in [1.807, 2.05) is 0 Å². The number of hydrogen-bond acceptors (Lipinski definition) is 2. The first kappa shape index (κ1) is 11.1. The van der Waals surface area contributed by atoms with Crippen LogP contribution in [0.4, 0.5) is 0 Å². The highest BCUT2D eigenvalue weighted by atomic mass is 16.5. The summed E-state index contributed by atoms with van der Waals surface area (Å²) >= 11 is 0. The Labute approximate surface area is 92.4 Å². The second-order valence-corrected chi connectivity index (χ2v) is 5.20. The van der Waals surface area contributed by atoms with Crippen LogP contribution in [-0.2, 0) is 9.53 Å². The van der Waals surface area contributed by atoms with Gasteiger partial charge < -0.3 is 9.53 Å². The van der Waals surface area contributed by atoms with E-state index in [1.165, 1.54) is 44.9 Å². The molecule has 2 heteroatoms. The Morgan fingerprint density at radius 1 is 0.933 bits per heavy atom. The fourth-order valence-electron chi connectivity index (χ4n) is 3.04. The molecule has 2 rings (SSSR count). The maximum absolute atomic E-state index is 10.8. The Kier molecular flexibility index (Phi) is 4.18. The topological polar surface area (TPSA) is 26.3 Å². The Balaban J connectivity index is 1.97. The van der Waals surface area contributed by atoms with E-state index in [-0.39, 0.29) is 6.10 Å². The van der Waals surface area contributed by atoms with Crippen molar-refractivity contribution in [2.75, 3.05) is 6.61 Å². The summed E-state index contributed by atoms with van der Waals surface area (Å²) in [7, 11) is 0. The average molecular weight is 210 g/mol. The van der Waals surface area contributed by atoms with Gasteiger partial charge in [-0.15, -0.1) is 0 Å². The lowest BCUT2D eigenvalue weighted by Gasteiger charge is -2.16. The third kappa shape index (κ3) is 3.30. The van der Waals surface area contributed by atoms with Gasteiger partial charge in [-0.3, -0.25) is 0 Å². The first-order chi connectivity index (χ1) is 7.38. The summed E-state index contributed by atoms with van der Waals surface area (Å²) in [5.41, 5.74) is 0. The second kappa shape index (κ2) is 5.64. The van der Waals surface area contributed by atoms with Gasteiger partial charge in [-0.1, -0.05) is 32.1 Å². The molecular weight excluding hydrogens is 188 g/mol. The smallest absolute Gasteiger partial charge is 0.148 e. The molecule has 1 aliphatic heterocycles. The molecule has 86 valence electrons. The van der Waals surface area contributed by atoms with Crippen molar-refractivity contribution in [1.29, 1.82) is 0 Å². The molecule has 1 saturated carbocycles. The molecule has 3 atom stereocenters. The molecule has 0 aromatic rings. The highest BCUT2D eigenvalue weighted by Crippen LogP contribution is 2.32. The van der Waals surface area contributed by atoms with E-state index >= 15 is 0 Å². The van der Waals surface area contributed by atoms with Gasteiger partial charge in [-0.05, 0) is 31.1 Å². The van der Waals surface area contributed by atoms with Crippen LogP contribution in [0.2, 0.25) is 0 Å². The van der Waals surface area contributed by atoms with Gasteiger partial charge in [0.1, 0.15) is 12.4 Å². The van der Waals surface area contributed by atoms with E-state index in [2.05, 4.69) is 0 Å². The SMILES string of the molecule is O=CC1CC2CCCCCCC(CO1)C2. The summed E-state index contributed by atoms with van der Waals surface area (Å²) in [6.07, 6.45) is 11.3. The van der Waals surface area contributed by atoms with E-state index < -0.39 is 0 Å². The Morgan fingerprint density at radius 3 is 2.40 bits per heavy atom. The molecule has 0 aromatic heterocycles. The predicted molar refractivity (Wildman–Crippen MR) is 59.7 cm³/mol. The van der Waals surface area contributed by atoms with E-state index in [1.54, 1.807) is 0 Å². The quantitative estimate of drug-likeness (QED) is 0.622. The molecule has 0 aromatic carbocycles. The lowest BCUT2D eigenvalue weighted by molar-refractivity contribution is -0.118. The molecule has 2 aliphatic rings. The number of carbonyl (C=O) groups is 1. The summed E-state index contributed by atoms with van der Waals surface area (Å²) in [5.74, 6) is 1.46. The van der Waals surface area contributed by atoms with Gasteiger partial charge >= 0.3 is 0 Å². The third-order valence-corrected chi connectivity index (χ3v) is 3.90. The van der Waals surface area contributed by atoms with Crippen LogP contribution < -0.4 is 0 Å². The van der Waals surface area contributed by atoms with Crippen molar-refractivity contribution < 1.29 is 9.53 Å². The van der Waals surface area contributed by atoms with E-state index in [4.69, 9.17) is 4.74 Å². The molecule has 0 amide bonds. The third-order valence-electron chi connectivity index (χ3n) is 3.90. The van der Waals surface area contributed by atoms with Crippen molar-refractivity contribution in [2.24, 2.45) is 11.8 Å². The molecular formula is C13H22O2. The molecule has 1 aliphatic carbocycles. The Morgan fingerprint density at radius 2 is 1.67 bits per heavy atom. The zero-order valence-corrected chi connectivity index (χ0v) is 9.49. The van der Waals surface area contributed by atoms with Gasteiger partial charge in [0.05, 0.1) is 6.61 Å². The van der Waals surface area contributed by atoms with Crippen molar-refractivity contribution in [3.05, 3.63) is 0 Å². The second-order valence-electron chi connectivity index (χ2n) is 5.20. The van der Waals surface area contributed by atoms with Crippen LogP contribution in [0.15, 0.2) is 0 Å². The summed E-state index contributed by atoms with van der Waals surface area (Å²) in [6, 6.07) is 0. The van der Waals surface area contributed by atoms with Crippen LogP contribution in [0, 0.1) is 11.8 Å². The van der Waals surface area contributed by atoms with Crippen molar-refractivity contribution in [1.82, 2.24) is 0 Å². The summed E-state index contributed by atoms with van der Waals surface area (Å²) in [6.45, 7) is 0.819. The summed E-state index contributed by atoms with van der Waals surface area (Å²) in [4.78, 5) is 10.8. The fraction of sp³-hybridized carbons (Fsp3) is 0.923. The van der Waals surface area contributed by atoms with Gasteiger partial charge in [0.15, 0.2) is 0 Å². The molecule has 0 N–H and O–H groups in total. The molecule has 1 saturated heterocycles. The Bertz CT molecular complexity index is 203. The summed E-state index contributed by atoms with van der Waals surface area (Å²) in [5, 5.41) is 0. The predicted octanol–water partition coefficient (Wildman–Crippen LogP) is 2.95. The van der Waals surface area contributed by atoms with Gasteiger partial charge in [0, 0.05) is 0 Å². The van der Waals surface area contributed by atoms with Crippen LogP contribution >= 0.6 is 0 Å². The standard InChI is InChI=1S/C13H22O2/c14-9-13-8-11-5-3-1-2-4-6-12(7-11)10-15-13/h9,11-13H,1-8,10H2. The summed E-state index contributed by atoms with van der Waals surface area (Å²) < 4.78 is 5.65. The molecule has 0 spiro atoms. The van der Waals surface area contributed by atoms with Crippen LogP contribution in [-0.4, -0.2) is 19.0 Å². The molecule has 2 bridgehead atoms. The van der Waals surface area contributed by atoms with Gasteiger partial charge in [0.2, 0.25) is 0 Å². The van der Waals surface area contributed by atoms with Crippen LogP contribution in [0.1, 0.15) is 51.4 Å². The monoisotopic (exact) mass is 210 g/mol. The Hall–Kier alpha value is -0.370. The zero-order valence-electron chi connectivity index (χ0n) is 9.49. The molecule has 3 unspecified atom stereocenters. The van der Waals surface area contributed by atoms with Crippen molar-refractivity contribution in [3.8, 4) is 0 Å². The number of aldehydes is 1. The largest absolute Gasteiger partial charge is 0.370 e. The van der Waals surface area contributed by atoms with Crippen LogP contribution in [0.5, 0.6) is 0 Å². The number of carbonyl (C=O) groups excluding carboxylic acids is 1. The zero-order chi connectivity index (χ0) is 10.5. The minimum Gasteiger partial charge on any atom is -0.370 e. The maximum Gasteiger partial charge on any atom is 0.148 e. The molecule has 15 heavy (non-hydrogen) atoms. The fourth-order valence-corrected chi connectivity index (χ4v) is 3.04. The number of hydrogen-bond donors (Lipinski definition) is 0. The van der Waals surface area contributed by atoms with E-state index in [9.17, 15) is 4.79 Å². The first-order valence-electron chi connectivity index (χ1n) is 6.45. The van der Waals surface area contributed by atoms with Gasteiger partial charge in [-0.25, -0.2) is 0 Å². The van der Waals surface area contributed by atoms with E-state index in [0.717, 1.165) is 31.1 Å². The molecule has 0 radical (unpaired) electrons. The highest BCUT2D eigenvalue weighted by molar-refractivity contribution is 5.55. The number of rotatable bonds is 1.